The van der Waals surface area contributed by atoms with Gasteiger partial charge in [-0.1, -0.05) is 6.07 Å². The van der Waals surface area contributed by atoms with Crippen molar-refractivity contribution in [3.63, 3.8) is 0 Å². The van der Waals surface area contributed by atoms with Crippen LogP contribution in [0, 0.1) is 17.1 Å². The number of benzene rings is 1. The fourth-order valence-corrected chi connectivity index (χ4v) is 2.88. The van der Waals surface area contributed by atoms with Crippen LogP contribution in [0.1, 0.15) is 23.2 Å². The van der Waals surface area contributed by atoms with Crippen LogP contribution in [0.3, 0.4) is 0 Å². The highest BCUT2D eigenvalue weighted by Gasteiger charge is 2.22. The van der Waals surface area contributed by atoms with Crippen LogP contribution in [-0.4, -0.2) is 16.2 Å². The van der Waals surface area contributed by atoms with E-state index in [9.17, 15) is 19.2 Å². The molecule has 0 saturated carbocycles. The number of nitriles is 1. The zero-order chi connectivity index (χ0) is 16.6. The van der Waals surface area contributed by atoms with Crippen molar-refractivity contribution < 1.29 is 9.13 Å². The Kier molecular flexibility index (Phi) is 3.74. The third-order valence-electron chi connectivity index (χ3n) is 4.00. The normalized spacial score (nSPS) is 12.7. The van der Waals surface area contributed by atoms with Crippen LogP contribution >= 0.6 is 0 Å². The maximum Gasteiger partial charge on any atom is 0.331 e. The summed E-state index contributed by atoms with van der Waals surface area (Å²) in [7, 11) is 1.36. The number of halogens is 1. The molecule has 0 amide bonds. The summed E-state index contributed by atoms with van der Waals surface area (Å²) in [4.78, 5) is 24.9. The van der Waals surface area contributed by atoms with Crippen LogP contribution in [0.25, 0.3) is 0 Å². The predicted molar refractivity (Wildman–Crippen MR) is 80.1 cm³/mol. The zero-order valence-corrected chi connectivity index (χ0v) is 12.5. The molecule has 1 aromatic carbocycles. The summed E-state index contributed by atoms with van der Waals surface area (Å²) in [6.07, 6.45) is 1.27. The van der Waals surface area contributed by atoms with E-state index >= 15 is 0 Å². The smallest absolute Gasteiger partial charge is 0.331 e. The van der Waals surface area contributed by atoms with Crippen molar-refractivity contribution in [2.75, 3.05) is 7.11 Å². The molecule has 0 atom stereocenters. The van der Waals surface area contributed by atoms with Crippen LogP contribution in [0.2, 0.25) is 0 Å². The molecule has 1 aliphatic heterocycles. The van der Waals surface area contributed by atoms with Crippen LogP contribution in [-0.2, 0) is 19.5 Å². The highest BCUT2D eigenvalue weighted by atomic mass is 19.1. The Morgan fingerprint density at radius 1 is 1.39 bits per heavy atom. The Morgan fingerprint density at radius 3 is 2.83 bits per heavy atom. The topological polar surface area (TPSA) is 77.0 Å². The largest absolute Gasteiger partial charge is 0.494 e. The second-order valence-electron chi connectivity index (χ2n) is 5.33. The van der Waals surface area contributed by atoms with Crippen molar-refractivity contribution in [3.05, 3.63) is 61.7 Å². The Labute approximate surface area is 131 Å². The summed E-state index contributed by atoms with van der Waals surface area (Å²) in [6, 6.07) is 6.13. The summed E-state index contributed by atoms with van der Waals surface area (Å²) in [5.74, 6) is -0.482. The maximum atomic E-state index is 13.8. The summed E-state index contributed by atoms with van der Waals surface area (Å²) in [5.41, 5.74) is -0.139. The second kappa shape index (κ2) is 5.72. The van der Waals surface area contributed by atoms with Crippen molar-refractivity contribution in [1.82, 2.24) is 9.13 Å². The Morgan fingerprint density at radius 2 is 2.17 bits per heavy atom. The van der Waals surface area contributed by atoms with E-state index in [1.165, 1.54) is 23.8 Å². The van der Waals surface area contributed by atoms with Gasteiger partial charge in [-0.2, -0.15) is 5.26 Å². The first kappa shape index (κ1) is 15.0. The van der Waals surface area contributed by atoms with Gasteiger partial charge in [0.1, 0.15) is 11.6 Å². The molecule has 23 heavy (non-hydrogen) atoms. The molecule has 2 heterocycles. The third-order valence-corrected chi connectivity index (χ3v) is 4.00. The first-order valence-corrected chi connectivity index (χ1v) is 7.16. The van der Waals surface area contributed by atoms with E-state index < -0.39 is 17.1 Å². The van der Waals surface area contributed by atoms with Crippen LogP contribution < -0.4 is 16.0 Å². The molecule has 7 heteroatoms. The average Bonchev–Trinajstić information content (AvgIpc) is 3.02. The first-order chi connectivity index (χ1) is 11.1. The van der Waals surface area contributed by atoms with Crippen molar-refractivity contribution in [1.29, 1.82) is 5.26 Å². The van der Waals surface area contributed by atoms with Crippen LogP contribution in [0.4, 0.5) is 4.39 Å². The van der Waals surface area contributed by atoms with Gasteiger partial charge in [0.2, 0.25) is 0 Å². The minimum absolute atomic E-state index is 0.00363. The molecule has 0 spiro atoms. The lowest BCUT2D eigenvalue weighted by molar-refractivity contribution is 0.386. The minimum Gasteiger partial charge on any atom is -0.494 e. The molecule has 1 aliphatic rings. The van der Waals surface area contributed by atoms with Gasteiger partial charge in [0.25, 0.3) is 5.56 Å². The zero-order valence-electron chi connectivity index (χ0n) is 12.5. The molecule has 118 valence electrons. The minimum atomic E-state index is -0.623. The molecule has 0 fully saturated rings. The molecule has 1 aromatic heterocycles. The molecular formula is C16H14FN3O3. The van der Waals surface area contributed by atoms with Crippen molar-refractivity contribution in [2.24, 2.45) is 0 Å². The molecule has 0 radical (unpaired) electrons. The van der Waals surface area contributed by atoms with Gasteiger partial charge < -0.3 is 4.74 Å². The SMILES string of the molecule is COc1ccc(Cn2c(=O)c(C#N)c3n(c2=O)CCC3)cc1F. The Bertz CT molecular complexity index is 937. The molecule has 0 bridgehead atoms. The van der Waals surface area contributed by atoms with E-state index in [2.05, 4.69) is 0 Å². The number of methoxy groups -OCH3 is 1. The van der Waals surface area contributed by atoms with Gasteiger partial charge in [0, 0.05) is 12.2 Å². The number of aromatic nitrogens is 2. The fourth-order valence-electron chi connectivity index (χ4n) is 2.88. The van der Waals surface area contributed by atoms with Crippen molar-refractivity contribution in [2.45, 2.75) is 25.9 Å². The summed E-state index contributed by atoms with van der Waals surface area (Å²) < 4.78 is 21.1. The van der Waals surface area contributed by atoms with E-state index in [0.29, 0.717) is 24.2 Å². The van der Waals surface area contributed by atoms with Crippen molar-refractivity contribution in [3.8, 4) is 11.8 Å². The van der Waals surface area contributed by atoms with E-state index in [4.69, 9.17) is 4.74 Å². The lowest BCUT2D eigenvalue weighted by Gasteiger charge is -2.11. The molecule has 2 aromatic rings. The van der Waals surface area contributed by atoms with Gasteiger partial charge in [-0.15, -0.1) is 0 Å². The van der Waals surface area contributed by atoms with Gasteiger partial charge >= 0.3 is 5.69 Å². The maximum absolute atomic E-state index is 13.8. The number of hydrogen-bond acceptors (Lipinski definition) is 4. The summed E-state index contributed by atoms with van der Waals surface area (Å²) in [5, 5.41) is 9.22. The lowest BCUT2D eigenvalue weighted by Crippen LogP contribution is -2.41. The van der Waals surface area contributed by atoms with E-state index in [0.717, 1.165) is 11.0 Å². The molecule has 0 saturated heterocycles. The molecule has 0 unspecified atom stereocenters. The monoisotopic (exact) mass is 315 g/mol. The summed E-state index contributed by atoms with van der Waals surface area (Å²) >= 11 is 0. The average molecular weight is 315 g/mol. The molecule has 0 N–H and O–H groups in total. The van der Waals surface area contributed by atoms with Crippen LogP contribution in [0.15, 0.2) is 27.8 Å². The lowest BCUT2D eigenvalue weighted by atomic mass is 10.2. The first-order valence-electron chi connectivity index (χ1n) is 7.16. The highest BCUT2D eigenvalue weighted by Crippen LogP contribution is 2.18. The molecular weight excluding hydrogens is 301 g/mol. The molecule has 6 nitrogen and oxygen atoms in total. The van der Waals surface area contributed by atoms with E-state index in [1.807, 2.05) is 6.07 Å². The highest BCUT2D eigenvalue weighted by molar-refractivity contribution is 5.34. The van der Waals surface area contributed by atoms with Gasteiger partial charge in [-0.05, 0) is 30.5 Å². The van der Waals surface area contributed by atoms with E-state index in [1.54, 1.807) is 6.07 Å². The number of ether oxygens (including phenoxy) is 1. The quantitative estimate of drug-likeness (QED) is 0.847. The summed E-state index contributed by atoms with van der Waals surface area (Å²) in [6.45, 7) is 0.396. The van der Waals surface area contributed by atoms with Crippen LogP contribution in [0.5, 0.6) is 5.75 Å². The van der Waals surface area contributed by atoms with Gasteiger partial charge in [-0.3, -0.25) is 13.9 Å². The van der Waals surface area contributed by atoms with Gasteiger partial charge in [0.05, 0.1) is 13.7 Å². The number of fused-ring (bicyclic) bond motifs is 1. The van der Waals surface area contributed by atoms with Crippen molar-refractivity contribution >= 4 is 0 Å². The molecule has 3 rings (SSSR count). The van der Waals surface area contributed by atoms with Gasteiger partial charge in [-0.25, -0.2) is 9.18 Å². The number of nitrogens with zero attached hydrogens (tertiary/aromatic N) is 3. The number of rotatable bonds is 3. The fraction of sp³-hybridized carbons (Fsp3) is 0.312. The number of hydrogen-bond donors (Lipinski definition) is 0. The van der Waals surface area contributed by atoms with Gasteiger partial charge in [0.15, 0.2) is 11.6 Å². The molecule has 0 aliphatic carbocycles. The second-order valence-corrected chi connectivity index (χ2v) is 5.33. The predicted octanol–water partition coefficient (Wildman–Crippen LogP) is 1.02. The van der Waals surface area contributed by atoms with E-state index in [-0.39, 0.29) is 17.9 Å². The Hall–Kier alpha value is -2.88. The Balaban J connectivity index is 2.11. The standard InChI is InChI=1S/C16H14FN3O3/c1-23-14-5-4-10(7-12(14)17)9-20-15(21)11(8-18)13-3-2-6-19(13)16(20)22/h4-5,7H,2-3,6,9H2,1H3. The third kappa shape index (κ3) is 2.42.